The molecular formula is C23H26BrClN4O2S. The summed E-state index contributed by atoms with van der Waals surface area (Å²) in [4.78, 5) is 28.9. The van der Waals surface area contributed by atoms with Crippen molar-refractivity contribution < 1.29 is 9.59 Å². The van der Waals surface area contributed by atoms with Crippen molar-refractivity contribution in [1.82, 2.24) is 10.2 Å². The number of nitrogens with zero attached hydrogens (tertiary/aromatic N) is 2. The van der Waals surface area contributed by atoms with Crippen LogP contribution in [0.3, 0.4) is 0 Å². The lowest BCUT2D eigenvalue weighted by atomic mass is 9.94. The molecule has 1 saturated heterocycles. The lowest BCUT2D eigenvalue weighted by Crippen LogP contribution is -2.51. The van der Waals surface area contributed by atoms with Crippen molar-refractivity contribution in [2.45, 2.75) is 20.8 Å². The van der Waals surface area contributed by atoms with E-state index >= 15 is 0 Å². The van der Waals surface area contributed by atoms with E-state index in [1.165, 1.54) is 0 Å². The van der Waals surface area contributed by atoms with Gasteiger partial charge >= 0.3 is 0 Å². The molecule has 2 aromatic carbocycles. The number of thiocarbonyl (C=S) groups is 1. The average molecular weight is 538 g/mol. The van der Waals surface area contributed by atoms with E-state index in [1.807, 2.05) is 37.8 Å². The van der Waals surface area contributed by atoms with Gasteiger partial charge in [0.15, 0.2) is 5.11 Å². The Bertz CT molecular complexity index is 1020. The number of piperazine rings is 1. The second kappa shape index (κ2) is 10.2. The predicted molar refractivity (Wildman–Crippen MR) is 138 cm³/mol. The molecule has 32 heavy (non-hydrogen) atoms. The summed E-state index contributed by atoms with van der Waals surface area (Å²) in [7, 11) is 0. The van der Waals surface area contributed by atoms with Crippen LogP contribution in [0.5, 0.6) is 0 Å². The minimum Gasteiger partial charge on any atom is -0.367 e. The number of amides is 2. The number of hydrogen-bond acceptors (Lipinski definition) is 4. The van der Waals surface area contributed by atoms with Crippen molar-refractivity contribution in [2.24, 2.45) is 5.41 Å². The summed E-state index contributed by atoms with van der Waals surface area (Å²) in [6.45, 7) is 8.59. The quantitative estimate of drug-likeness (QED) is 0.544. The molecule has 0 spiro atoms. The first-order valence-corrected chi connectivity index (χ1v) is 11.8. The molecule has 2 aromatic rings. The minimum absolute atomic E-state index is 0.168. The first-order chi connectivity index (χ1) is 15.0. The van der Waals surface area contributed by atoms with Crippen LogP contribution < -0.4 is 15.5 Å². The van der Waals surface area contributed by atoms with Gasteiger partial charge in [0.1, 0.15) is 0 Å². The topological polar surface area (TPSA) is 64.7 Å². The number of hydrogen-bond donors (Lipinski definition) is 2. The predicted octanol–water partition coefficient (Wildman–Crippen LogP) is 4.92. The molecular weight excluding hydrogens is 512 g/mol. The average Bonchev–Trinajstić information content (AvgIpc) is 2.73. The zero-order chi connectivity index (χ0) is 23.5. The van der Waals surface area contributed by atoms with Gasteiger partial charge in [0.25, 0.3) is 5.91 Å². The van der Waals surface area contributed by atoms with Gasteiger partial charge in [-0.05, 0) is 54.7 Å². The number of nitrogens with one attached hydrogen (secondary N) is 2. The van der Waals surface area contributed by atoms with Gasteiger partial charge in [-0.3, -0.25) is 14.9 Å². The maximum Gasteiger partial charge on any atom is 0.257 e. The fourth-order valence-electron chi connectivity index (χ4n) is 3.40. The summed E-state index contributed by atoms with van der Waals surface area (Å²) in [5.74, 6) is -0.123. The second-order valence-electron chi connectivity index (χ2n) is 8.61. The van der Waals surface area contributed by atoms with Gasteiger partial charge in [0.05, 0.1) is 10.7 Å². The Morgan fingerprint density at radius 1 is 1.03 bits per heavy atom. The summed E-state index contributed by atoms with van der Waals surface area (Å²) in [6.07, 6.45) is 0. The van der Waals surface area contributed by atoms with Gasteiger partial charge in [-0.15, -0.1) is 0 Å². The Hall–Kier alpha value is -2.16. The number of carbonyl (C=O) groups is 2. The standard InChI is InChI=1S/C23H26BrClN4O2S/c1-23(2,3)21(31)29-12-10-28(11-13-29)19-9-8-17(14-18(19)25)26-22(32)27-20(30)15-4-6-16(24)7-5-15/h4-9,14H,10-13H2,1-3H3,(H2,26,27,30,32). The van der Waals surface area contributed by atoms with Crippen LogP contribution in [0.1, 0.15) is 31.1 Å². The van der Waals surface area contributed by atoms with Crippen molar-refractivity contribution in [3.8, 4) is 0 Å². The first-order valence-electron chi connectivity index (χ1n) is 10.3. The number of carbonyl (C=O) groups excluding carboxylic acids is 2. The molecule has 1 aliphatic heterocycles. The third kappa shape index (κ3) is 6.21. The molecule has 1 fully saturated rings. The van der Waals surface area contributed by atoms with E-state index in [4.69, 9.17) is 23.8 Å². The highest BCUT2D eigenvalue weighted by molar-refractivity contribution is 9.10. The van der Waals surface area contributed by atoms with Crippen molar-refractivity contribution in [2.75, 3.05) is 36.4 Å². The van der Waals surface area contributed by atoms with Crippen molar-refractivity contribution >= 4 is 68.1 Å². The van der Waals surface area contributed by atoms with Crippen LogP contribution in [0.2, 0.25) is 5.02 Å². The Balaban J connectivity index is 1.57. The van der Waals surface area contributed by atoms with E-state index in [0.717, 1.165) is 23.2 Å². The van der Waals surface area contributed by atoms with Gasteiger partial charge in [-0.2, -0.15) is 0 Å². The summed E-state index contributed by atoms with van der Waals surface area (Å²) in [5.41, 5.74) is 1.72. The molecule has 170 valence electrons. The monoisotopic (exact) mass is 536 g/mol. The van der Waals surface area contributed by atoms with Crippen LogP contribution in [0.4, 0.5) is 11.4 Å². The van der Waals surface area contributed by atoms with Gasteiger partial charge < -0.3 is 15.1 Å². The molecule has 0 bridgehead atoms. The first kappa shape index (κ1) is 24.5. The summed E-state index contributed by atoms with van der Waals surface area (Å²) < 4.78 is 0.895. The second-order valence-corrected chi connectivity index (χ2v) is 10.3. The summed E-state index contributed by atoms with van der Waals surface area (Å²) in [6, 6.07) is 12.6. The van der Waals surface area contributed by atoms with Gasteiger partial charge in [0, 0.05) is 47.3 Å². The van der Waals surface area contributed by atoms with E-state index < -0.39 is 0 Å². The molecule has 2 amide bonds. The highest BCUT2D eigenvalue weighted by Gasteiger charge is 2.30. The summed E-state index contributed by atoms with van der Waals surface area (Å²) in [5, 5.41) is 6.43. The van der Waals surface area contributed by atoms with Crippen molar-refractivity contribution in [3.63, 3.8) is 0 Å². The van der Waals surface area contributed by atoms with Crippen LogP contribution in [0, 0.1) is 5.41 Å². The van der Waals surface area contributed by atoms with E-state index in [1.54, 1.807) is 30.3 Å². The molecule has 6 nitrogen and oxygen atoms in total. The molecule has 1 heterocycles. The Labute approximate surface area is 207 Å². The van der Waals surface area contributed by atoms with E-state index in [9.17, 15) is 9.59 Å². The van der Waals surface area contributed by atoms with E-state index in [0.29, 0.717) is 29.4 Å². The molecule has 0 unspecified atom stereocenters. The lowest BCUT2D eigenvalue weighted by molar-refractivity contribution is -0.139. The van der Waals surface area contributed by atoms with Gasteiger partial charge in [0.2, 0.25) is 5.91 Å². The number of anilines is 2. The summed E-state index contributed by atoms with van der Waals surface area (Å²) >= 11 is 15.1. The van der Waals surface area contributed by atoms with Crippen molar-refractivity contribution in [1.29, 1.82) is 0 Å². The molecule has 0 radical (unpaired) electrons. The fourth-order valence-corrected chi connectivity index (χ4v) is 4.18. The number of rotatable bonds is 3. The highest BCUT2D eigenvalue weighted by atomic mass is 79.9. The molecule has 0 saturated carbocycles. The molecule has 3 rings (SSSR count). The third-order valence-electron chi connectivity index (χ3n) is 5.09. The molecule has 9 heteroatoms. The highest BCUT2D eigenvalue weighted by Crippen LogP contribution is 2.30. The molecule has 2 N–H and O–H groups in total. The SMILES string of the molecule is CC(C)(C)C(=O)N1CCN(c2ccc(NC(=S)NC(=O)c3ccc(Br)cc3)cc2Cl)CC1. The van der Waals surface area contributed by atoms with Crippen LogP contribution in [-0.2, 0) is 4.79 Å². The fraction of sp³-hybridized carbons (Fsp3) is 0.348. The zero-order valence-corrected chi connectivity index (χ0v) is 21.4. The maximum atomic E-state index is 12.5. The largest absolute Gasteiger partial charge is 0.367 e. The van der Waals surface area contributed by atoms with Crippen LogP contribution in [-0.4, -0.2) is 48.0 Å². The Morgan fingerprint density at radius 2 is 1.66 bits per heavy atom. The normalized spacial score (nSPS) is 14.2. The Kier molecular flexibility index (Phi) is 7.79. The van der Waals surface area contributed by atoms with E-state index in [-0.39, 0.29) is 22.3 Å². The smallest absolute Gasteiger partial charge is 0.257 e. The number of halogens is 2. The molecule has 1 aliphatic rings. The van der Waals surface area contributed by atoms with Crippen LogP contribution in [0.15, 0.2) is 46.9 Å². The number of benzene rings is 2. The van der Waals surface area contributed by atoms with Crippen molar-refractivity contribution in [3.05, 3.63) is 57.5 Å². The van der Waals surface area contributed by atoms with E-state index in [2.05, 4.69) is 31.5 Å². The zero-order valence-electron chi connectivity index (χ0n) is 18.2. The molecule has 0 aromatic heterocycles. The molecule has 0 aliphatic carbocycles. The lowest BCUT2D eigenvalue weighted by Gasteiger charge is -2.39. The molecule has 0 atom stereocenters. The van der Waals surface area contributed by atoms with Crippen LogP contribution in [0.25, 0.3) is 0 Å². The van der Waals surface area contributed by atoms with Gasteiger partial charge in [-0.1, -0.05) is 48.3 Å². The third-order valence-corrected chi connectivity index (χ3v) is 6.12. The minimum atomic E-state index is -0.377. The van der Waals surface area contributed by atoms with Gasteiger partial charge in [-0.25, -0.2) is 0 Å². The van der Waals surface area contributed by atoms with Crippen LogP contribution >= 0.6 is 39.7 Å². The maximum absolute atomic E-state index is 12.5. The Morgan fingerprint density at radius 3 is 2.22 bits per heavy atom.